The molecule has 8 nitrogen and oxygen atoms in total. The van der Waals surface area contributed by atoms with Crippen LogP contribution >= 0.6 is 0 Å². The highest BCUT2D eigenvalue weighted by Gasteiger charge is 2.46. The van der Waals surface area contributed by atoms with Gasteiger partial charge in [-0.2, -0.15) is 0 Å². The number of fused-ring (bicyclic) bond motifs is 1. The summed E-state index contributed by atoms with van der Waals surface area (Å²) in [5.41, 5.74) is 3.37. The molecule has 2 aromatic carbocycles. The molecule has 194 valence electrons. The molecule has 1 amide bonds. The number of carbonyl (C=O) groups excluding carboxylic acids is 2. The first-order chi connectivity index (χ1) is 18.5. The number of nitrogens with zero attached hydrogens (tertiary/aromatic N) is 3. The molecule has 1 atom stereocenters. The third-order valence-corrected chi connectivity index (χ3v) is 6.66. The lowest BCUT2D eigenvalue weighted by atomic mass is 9.96. The average molecular weight is 512 g/mol. The summed E-state index contributed by atoms with van der Waals surface area (Å²) in [6.45, 7) is 2.93. The Balaban J connectivity index is 1.53. The second-order valence-corrected chi connectivity index (χ2v) is 9.16. The summed E-state index contributed by atoms with van der Waals surface area (Å²) in [7, 11) is 1.59. The van der Waals surface area contributed by atoms with Crippen molar-refractivity contribution in [2.45, 2.75) is 26.0 Å². The summed E-state index contributed by atoms with van der Waals surface area (Å²) in [5.74, 6) is -0.960. The molecule has 1 N–H and O–H groups in total. The molecule has 0 spiro atoms. The zero-order chi connectivity index (χ0) is 26.6. The molecule has 5 rings (SSSR count). The van der Waals surface area contributed by atoms with Crippen LogP contribution in [0.4, 0.5) is 0 Å². The highest BCUT2D eigenvalue weighted by atomic mass is 16.5. The topological polar surface area (TPSA) is 93.4 Å². The Morgan fingerprint density at radius 2 is 1.74 bits per heavy atom. The van der Waals surface area contributed by atoms with Crippen molar-refractivity contribution in [1.29, 1.82) is 0 Å². The third-order valence-electron chi connectivity index (χ3n) is 6.66. The van der Waals surface area contributed by atoms with E-state index in [1.807, 2.05) is 72.8 Å². The minimum atomic E-state index is -0.760. The first-order valence-corrected chi connectivity index (χ1v) is 12.5. The Morgan fingerprint density at radius 3 is 2.47 bits per heavy atom. The van der Waals surface area contributed by atoms with Crippen LogP contribution in [0.5, 0.6) is 5.75 Å². The van der Waals surface area contributed by atoms with Crippen molar-refractivity contribution in [1.82, 2.24) is 14.3 Å². The van der Waals surface area contributed by atoms with Crippen molar-refractivity contribution in [3.63, 3.8) is 0 Å². The first-order valence-electron chi connectivity index (χ1n) is 12.5. The van der Waals surface area contributed by atoms with E-state index >= 15 is 0 Å². The second kappa shape index (κ2) is 10.9. The van der Waals surface area contributed by atoms with Gasteiger partial charge in [0.2, 0.25) is 0 Å². The van der Waals surface area contributed by atoms with E-state index in [1.54, 1.807) is 24.6 Å². The molecule has 1 saturated heterocycles. The van der Waals surface area contributed by atoms with Gasteiger partial charge in [-0.3, -0.25) is 14.0 Å². The lowest BCUT2D eigenvalue weighted by molar-refractivity contribution is -0.140. The van der Waals surface area contributed by atoms with Crippen LogP contribution in [0.3, 0.4) is 0 Å². The van der Waals surface area contributed by atoms with E-state index in [4.69, 9.17) is 9.47 Å². The Bertz CT molecular complexity index is 1490. The van der Waals surface area contributed by atoms with Gasteiger partial charge in [-0.25, -0.2) is 4.98 Å². The number of aliphatic hydroxyl groups excluding tert-OH is 1. The number of hydrogen-bond acceptors (Lipinski definition) is 6. The van der Waals surface area contributed by atoms with Crippen LogP contribution in [-0.4, -0.2) is 51.3 Å². The van der Waals surface area contributed by atoms with E-state index < -0.39 is 17.7 Å². The number of ketones is 1. The smallest absolute Gasteiger partial charge is 0.295 e. The Hall–Kier alpha value is -4.43. The average Bonchev–Trinajstić information content (AvgIpc) is 3.41. The molecular formula is C30H29N3O5. The number of pyridine rings is 1. The van der Waals surface area contributed by atoms with Gasteiger partial charge in [0, 0.05) is 26.5 Å². The number of imidazole rings is 1. The number of ether oxygens (including phenoxy) is 2. The Labute approximate surface area is 220 Å². The summed E-state index contributed by atoms with van der Waals surface area (Å²) in [4.78, 5) is 32.5. The van der Waals surface area contributed by atoms with Crippen molar-refractivity contribution in [3.05, 3.63) is 107 Å². The van der Waals surface area contributed by atoms with Crippen LogP contribution in [0.15, 0.2) is 84.6 Å². The minimum absolute atomic E-state index is 0.0409. The number of hydrogen-bond donors (Lipinski definition) is 1. The molecule has 8 heteroatoms. The van der Waals surface area contributed by atoms with Crippen LogP contribution in [0.2, 0.25) is 0 Å². The van der Waals surface area contributed by atoms with E-state index in [0.29, 0.717) is 54.5 Å². The van der Waals surface area contributed by atoms with E-state index in [2.05, 4.69) is 4.98 Å². The number of aromatic nitrogens is 2. The van der Waals surface area contributed by atoms with Crippen LogP contribution in [0.1, 0.15) is 35.0 Å². The van der Waals surface area contributed by atoms with Crippen LogP contribution in [0.25, 0.3) is 11.4 Å². The summed E-state index contributed by atoms with van der Waals surface area (Å²) in [5, 5.41) is 11.5. The van der Waals surface area contributed by atoms with Gasteiger partial charge in [-0.1, -0.05) is 48.5 Å². The van der Waals surface area contributed by atoms with Gasteiger partial charge >= 0.3 is 0 Å². The second-order valence-electron chi connectivity index (χ2n) is 9.16. The molecule has 0 radical (unpaired) electrons. The fourth-order valence-corrected chi connectivity index (χ4v) is 4.85. The Morgan fingerprint density at radius 1 is 1.00 bits per heavy atom. The normalized spacial score (nSPS) is 16.9. The lowest BCUT2D eigenvalue weighted by Gasteiger charge is -2.25. The standard InChI is InChI=1S/C30H29N3O5/c1-20-26(32-16-7-6-11-24(32)31-20)28(34)25-27(33(17-8-18-37-2)30(36)29(25)35)22-12-14-23(15-13-22)38-19-21-9-4-3-5-10-21/h3-7,9-16,27,34H,8,17-19H2,1-2H3. The number of benzene rings is 2. The largest absolute Gasteiger partial charge is 0.505 e. The fraction of sp³-hybridized carbons (Fsp3) is 0.233. The van der Waals surface area contributed by atoms with Gasteiger partial charge in [-0.05, 0) is 48.7 Å². The molecule has 0 saturated carbocycles. The highest BCUT2D eigenvalue weighted by molar-refractivity contribution is 6.46. The third kappa shape index (κ3) is 4.78. The fourth-order valence-electron chi connectivity index (χ4n) is 4.85. The molecule has 4 aromatic rings. The zero-order valence-corrected chi connectivity index (χ0v) is 21.3. The van der Waals surface area contributed by atoms with Crippen LogP contribution < -0.4 is 4.74 Å². The highest BCUT2D eigenvalue weighted by Crippen LogP contribution is 2.40. The van der Waals surface area contributed by atoms with Gasteiger partial charge in [0.15, 0.2) is 5.76 Å². The molecule has 0 aliphatic carbocycles. The monoisotopic (exact) mass is 511 g/mol. The molecule has 1 aliphatic rings. The van der Waals surface area contributed by atoms with E-state index in [-0.39, 0.29) is 11.3 Å². The Kier molecular flexibility index (Phi) is 7.24. The lowest BCUT2D eigenvalue weighted by Crippen LogP contribution is -2.31. The maximum absolute atomic E-state index is 13.3. The van der Waals surface area contributed by atoms with E-state index in [9.17, 15) is 14.7 Å². The molecule has 1 aliphatic heterocycles. The number of Topliss-reactive ketones (excluding diaryl/α,β-unsaturated/α-hetero) is 1. The predicted octanol–water partition coefficient (Wildman–Crippen LogP) is 4.68. The molecular weight excluding hydrogens is 482 g/mol. The van der Waals surface area contributed by atoms with Crippen molar-refractivity contribution in [2.24, 2.45) is 0 Å². The summed E-state index contributed by atoms with van der Waals surface area (Å²) in [6.07, 6.45) is 2.32. The number of likely N-dealkylation sites (tertiary alicyclic amines) is 1. The molecule has 3 heterocycles. The summed E-state index contributed by atoms with van der Waals surface area (Å²) in [6, 6.07) is 21.9. The zero-order valence-electron chi connectivity index (χ0n) is 21.3. The van der Waals surface area contributed by atoms with Crippen molar-refractivity contribution >= 4 is 23.1 Å². The number of rotatable bonds is 9. The quantitative estimate of drug-likeness (QED) is 0.152. The first kappa shape index (κ1) is 25.2. The number of aryl methyl sites for hydroxylation is 1. The van der Waals surface area contributed by atoms with Gasteiger partial charge in [0.1, 0.15) is 23.7 Å². The van der Waals surface area contributed by atoms with E-state index in [1.165, 1.54) is 4.90 Å². The SMILES string of the molecule is COCCCN1C(=O)C(=O)C(=C(O)c2c(C)nc3ccccn23)C1c1ccc(OCc2ccccc2)cc1. The summed E-state index contributed by atoms with van der Waals surface area (Å²) < 4.78 is 12.8. The minimum Gasteiger partial charge on any atom is -0.505 e. The molecule has 1 fully saturated rings. The number of methoxy groups -OCH3 is 1. The molecule has 0 bridgehead atoms. The maximum Gasteiger partial charge on any atom is 0.295 e. The molecule has 1 unspecified atom stereocenters. The molecule has 2 aromatic heterocycles. The summed E-state index contributed by atoms with van der Waals surface area (Å²) >= 11 is 0. The maximum atomic E-state index is 13.3. The number of amides is 1. The van der Waals surface area contributed by atoms with Crippen molar-refractivity contribution in [2.75, 3.05) is 20.3 Å². The van der Waals surface area contributed by atoms with Gasteiger partial charge in [-0.15, -0.1) is 0 Å². The van der Waals surface area contributed by atoms with Crippen molar-refractivity contribution in [3.8, 4) is 5.75 Å². The predicted molar refractivity (Wildman–Crippen MR) is 143 cm³/mol. The van der Waals surface area contributed by atoms with E-state index in [0.717, 1.165) is 5.56 Å². The van der Waals surface area contributed by atoms with Crippen LogP contribution in [-0.2, 0) is 20.9 Å². The van der Waals surface area contributed by atoms with Gasteiger partial charge < -0.3 is 19.5 Å². The van der Waals surface area contributed by atoms with Gasteiger partial charge in [0.05, 0.1) is 17.3 Å². The van der Waals surface area contributed by atoms with Crippen LogP contribution in [0, 0.1) is 6.92 Å². The van der Waals surface area contributed by atoms with Gasteiger partial charge in [0.25, 0.3) is 11.7 Å². The van der Waals surface area contributed by atoms with Crippen molar-refractivity contribution < 1.29 is 24.2 Å². The number of aliphatic hydroxyl groups is 1. The molecule has 38 heavy (non-hydrogen) atoms. The number of carbonyl (C=O) groups is 2.